The predicted octanol–water partition coefficient (Wildman–Crippen LogP) is 2.18. The summed E-state index contributed by atoms with van der Waals surface area (Å²) in [5, 5.41) is 14.6. The molecule has 1 fully saturated rings. The second-order valence-corrected chi connectivity index (χ2v) is 6.44. The fourth-order valence-corrected chi connectivity index (χ4v) is 3.27. The van der Waals surface area contributed by atoms with E-state index in [-0.39, 0.29) is 18.3 Å². The van der Waals surface area contributed by atoms with Crippen LogP contribution in [-0.4, -0.2) is 41.1 Å². The van der Waals surface area contributed by atoms with Crippen molar-refractivity contribution in [2.24, 2.45) is 0 Å². The number of benzene rings is 1. The van der Waals surface area contributed by atoms with Gasteiger partial charge in [-0.05, 0) is 57.0 Å². The molecule has 2 heterocycles. The van der Waals surface area contributed by atoms with Crippen molar-refractivity contribution in [3.8, 4) is 5.75 Å². The van der Waals surface area contributed by atoms with E-state index in [1.807, 2.05) is 36.7 Å². The van der Waals surface area contributed by atoms with Crippen molar-refractivity contribution in [1.29, 1.82) is 0 Å². The Hall–Kier alpha value is -2.12. The van der Waals surface area contributed by atoms with E-state index in [0.29, 0.717) is 18.3 Å². The van der Waals surface area contributed by atoms with Crippen molar-refractivity contribution in [3.05, 3.63) is 40.7 Å². The zero-order chi connectivity index (χ0) is 17.8. The van der Waals surface area contributed by atoms with Crippen LogP contribution < -0.4 is 15.4 Å². The fourth-order valence-electron chi connectivity index (χ4n) is 3.27. The van der Waals surface area contributed by atoms with Gasteiger partial charge in [-0.3, -0.25) is 4.79 Å². The maximum absolute atomic E-state index is 12.5. The van der Waals surface area contributed by atoms with Gasteiger partial charge < -0.3 is 15.4 Å². The van der Waals surface area contributed by atoms with Crippen molar-refractivity contribution in [2.75, 3.05) is 20.2 Å². The molecule has 1 aliphatic rings. The van der Waals surface area contributed by atoms with Crippen LogP contribution in [-0.2, 0) is 6.54 Å². The lowest BCUT2D eigenvalue weighted by molar-refractivity contribution is 0.0945. The van der Waals surface area contributed by atoms with Gasteiger partial charge in [-0.2, -0.15) is 0 Å². The maximum atomic E-state index is 12.5. The highest BCUT2D eigenvalue weighted by Crippen LogP contribution is 2.21. The second-order valence-electron chi connectivity index (χ2n) is 6.44. The summed E-state index contributed by atoms with van der Waals surface area (Å²) in [6.07, 6.45) is 2.02. The average molecular weight is 380 g/mol. The quantitative estimate of drug-likeness (QED) is 0.832. The Balaban J connectivity index is 0.00000243. The van der Waals surface area contributed by atoms with Crippen molar-refractivity contribution >= 4 is 18.3 Å². The van der Waals surface area contributed by atoms with Crippen LogP contribution in [0.4, 0.5) is 0 Å². The zero-order valence-electron chi connectivity index (χ0n) is 15.4. The number of aryl methyl sites for hydroxylation is 1. The Morgan fingerprint density at radius 3 is 2.73 bits per heavy atom. The molecule has 1 saturated heterocycles. The minimum Gasteiger partial charge on any atom is -0.496 e. The molecule has 3 rings (SSSR count). The second kappa shape index (κ2) is 9.00. The molecule has 7 nitrogen and oxygen atoms in total. The number of piperidine rings is 1. The summed E-state index contributed by atoms with van der Waals surface area (Å²) in [7, 11) is 1.65. The van der Waals surface area contributed by atoms with Crippen LogP contribution >= 0.6 is 12.4 Å². The number of nitrogens with one attached hydrogen (secondary N) is 2. The molecule has 0 saturated carbocycles. The molecule has 0 radical (unpaired) electrons. The number of ether oxygens (including phenoxy) is 1. The first kappa shape index (κ1) is 20.2. The zero-order valence-corrected chi connectivity index (χ0v) is 16.2. The monoisotopic (exact) mass is 379 g/mol. The van der Waals surface area contributed by atoms with Crippen molar-refractivity contribution < 1.29 is 9.53 Å². The Labute approximate surface area is 159 Å². The highest BCUT2D eigenvalue weighted by Gasteiger charge is 2.22. The Bertz CT molecular complexity index is 756. The van der Waals surface area contributed by atoms with E-state index in [0.717, 1.165) is 48.5 Å². The van der Waals surface area contributed by atoms with Gasteiger partial charge in [0.1, 0.15) is 5.75 Å². The van der Waals surface area contributed by atoms with Crippen LogP contribution in [0.2, 0.25) is 0 Å². The van der Waals surface area contributed by atoms with Crippen molar-refractivity contribution in [1.82, 2.24) is 25.6 Å². The number of carbonyl (C=O) groups is 1. The number of hydrogen-bond donors (Lipinski definition) is 2. The van der Waals surface area contributed by atoms with Gasteiger partial charge >= 0.3 is 0 Å². The van der Waals surface area contributed by atoms with Gasteiger partial charge in [0.05, 0.1) is 18.8 Å². The molecule has 0 spiro atoms. The first-order chi connectivity index (χ1) is 12.1. The van der Waals surface area contributed by atoms with Crippen LogP contribution in [0, 0.1) is 13.8 Å². The van der Waals surface area contributed by atoms with Gasteiger partial charge in [-0.25, -0.2) is 4.68 Å². The highest BCUT2D eigenvalue weighted by atomic mass is 35.5. The number of aromatic nitrogens is 3. The van der Waals surface area contributed by atoms with Gasteiger partial charge in [0.15, 0.2) is 5.69 Å². The normalized spacial score (nSPS) is 14.6. The van der Waals surface area contributed by atoms with Crippen molar-refractivity contribution in [2.45, 2.75) is 39.3 Å². The molecular formula is C18H26ClN5O2. The lowest BCUT2D eigenvalue weighted by atomic mass is 10.1. The van der Waals surface area contributed by atoms with Crippen LogP contribution in [0.1, 0.15) is 46.2 Å². The number of rotatable bonds is 5. The minimum absolute atomic E-state index is 0. The molecule has 2 N–H and O–H groups in total. The van der Waals surface area contributed by atoms with Crippen LogP contribution in [0.3, 0.4) is 0 Å². The number of halogens is 1. The average Bonchev–Trinajstić information content (AvgIpc) is 3.02. The van der Waals surface area contributed by atoms with E-state index in [4.69, 9.17) is 4.74 Å². The summed E-state index contributed by atoms with van der Waals surface area (Å²) < 4.78 is 7.15. The molecule has 0 aliphatic carbocycles. The minimum atomic E-state index is -0.189. The van der Waals surface area contributed by atoms with Gasteiger partial charge in [-0.15, -0.1) is 17.5 Å². The molecule has 1 amide bonds. The Morgan fingerprint density at radius 1 is 1.35 bits per heavy atom. The molecule has 8 heteroatoms. The molecule has 0 bridgehead atoms. The largest absolute Gasteiger partial charge is 0.496 e. The van der Waals surface area contributed by atoms with E-state index in [1.54, 1.807) is 7.11 Å². The number of carbonyl (C=O) groups excluding carboxylic acids is 1. The van der Waals surface area contributed by atoms with E-state index in [1.165, 1.54) is 0 Å². The Kier molecular flexibility index (Phi) is 6.99. The van der Waals surface area contributed by atoms with Crippen LogP contribution in [0.15, 0.2) is 18.2 Å². The molecule has 1 aromatic heterocycles. The number of amides is 1. The molecular weight excluding hydrogens is 354 g/mol. The van der Waals surface area contributed by atoms with Crippen LogP contribution in [0.5, 0.6) is 5.75 Å². The third-order valence-electron chi connectivity index (χ3n) is 4.71. The number of hydrogen-bond acceptors (Lipinski definition) is 5. The molecule has 1 aromatic carbocycles. The molecule has 2 aromatic rings. The summed E-state index contributed by atoms with van der Waals surface area (Å²) in [5.41, 5.74) is 3.30. The SMILES string of the molecule is COc1ccc(CNC(=O)c2nnn(C3CCNCC3)c2C)cc1C.Cl. The topological polar surface area (TPSA) is 81.1 Å². The summed E-state index contributed by atoms with van der Waals surface area (Å²) >= 11 is 0. The number of nitrogens with zero attached hydrogens (tertiary/aromatic N) is 3. The molecule has 142 valence electrons. The van der Waals surface area contributed by atoms with Gasteiger partial charge in [-0.1, -0.05) is 17.3 Å². The summed E-state index contributed by atoms with van der Waals surface area (Å²) in [6, 6.07) is 6.19. The van der Waals surface area contributed by atoms with Gasteiger partial charge in [0.2, 0.25) is 0 Å². The van der Waals surface area contributed by atoms with E-state index in [2.05, 4.69) is 20.9 Å². The maximum Gasteiger partial charge on any atom is 0.274 e. The lowest BCUT2D eigenvalue weighted by Gasteiger charge is -2.23. The Morgan fingerprint density at radius 2 is 2.08 bits per heavy atom. The standard InChI is InChI=1S/C18H25N5O2.ClH/c1-12-10-14(4-5-16(12)25-3)11-20-18(24)17-13(2)23(22-21-17)15-6-8-19-9-7-15;/h4-5,10,15,19H,6-9,11H2,1-3H3,(H,20,24);1H. The van der Waals surface area contributed by atoms with E-state index >= 15 is 0 Å². The van der Waals surface area contributed by atoms with Crippen molar-refractivity contribution in [3.63, 3.8) is 0 Å². The van der Waals surface area contributed by atoms with Crippen LogP contribution in [0.25, 0.3) is 0 Å². The third kappa shape index (κ3) is 4.34. The van der Waals surface area contributed by atoms with E-state index in [9.17, 15) is 4.79 Å². The smallest absolute Gasteiger partial charge is 0.274 e. The summed E-state index contributed by atoms with van der Waals surface area (Å²) in [5.74, 6) is 0.655. The van der Waals surface area contributed by atoms with E-state index < -0.39 is 0 Å². The molecule has 0 unspecified atom stereocenters. The van der Waals surface area contributed by atoms with Gasteiger partial charge in [0.25, 0.3) is 5.91 Å². The summed E-state index contributed by atoms with van der Waals surface area (Å²) in [6.45, 7) is 6.29. The molecule has 26 heavy (non-hydrogen) atoms. The van der Waals surface area contributed by atoms with Gasteiger partial charge in [0, 0.05) is 6.54 Å². The predicted molar refractivity (Wildman–Crippen MR) is 102 cm³/mol. The first-order valence-electron chi connectivity index (χ1n) is 8.64. The molecule has 1 aliphatic heterocycles. The molecule has 0 atom stereocenters. The highest BCUT2D eigenvalue weighted by molar-refractivity contribution is 5.93. The first-order valence-corrected chi connectivity index (χ1v) is 8.64. The number of methoxy groups -OCH3 is 1. The fraction of sp³-hybridized carbons (Fsp3) is 0.500. The lowest BCUT2D eigenvalue weighted by Crippen LogP contribution is -2.30. The summed E-state index contributed by atoms with van der Waals surface area (Å²) in [4.78, 5) is 12.5. The third-order valence-corrected chi connectivity index (χ3v) is 4.71.